The summed E-state index contributed by atoms with van der Waals surface area (Å²) in [5, 5.41) is 7.62. The second-order valence-electron chi connectivity index (χ2n) is 4.99. The van der Waals surface area contributed by atoms with Crippen molar-refractivity contribution in [2.75, 3.05) is 16.9 Å². The van der Waals surface area contributed by atoms with Crippen LogP contribution in [0.2, 0.25) is 5.02 Å². The summed E-state index contributed by atoms with van der Waals surface area (Å²) in [5.74, 6) is 0.00674. The van der Waals surface area contributed by atoms with E-state index in [1.54, 1.807) is 34.3 Å². The van der Waals surface area contributed by atoms with E-state index >= 15 is 0 Å². The molecule has 1 aliphatic rings. The molecule has 1 heterocycles. The molecule has 0 aromatic heterocycles. The molecule has 1 N–H and O–H groups in total. The number of hydrogen-bond acceptors (Lipinski definition) is 2. The van der Waals surface area contributed by atoms with Crippen LogP contribution in [0.5, 0.6) is 0 Å². The van der Waals surface area contributed by atoms with Crippen LogP contribution in [0.3, 0.4) is 0 Å². The van der Waals surface area contributed by atoms with Gasteiger partial charge in [-0.2, -0.15) is 0 Å². The van der Waals surface area contributed by atoms with Gasteiger partial charge in [-0.3, -0.25) is 9.80 Å². The van der Waals surface area contributed by atoms with Gasteiger partial charge in [0.2, 0.25) is 5.91 Å². The molecule has 1 fully saturated rings. The lowest BCUT2D eigenvalue weighted by Gasteiger charge is -2.30. The molecule has 0 atom stereocenters. The molecule has 7 heteroatoms. The van der Waals surface area contributed by atoms with Crippen molar-refractivity contribution in [1.29, 1.82) is 0 Å². The van der Waals surface area contributed by atoms with Crippen LogP contribution in [0.1, 0.15) is 6.42 Å². The number of hydrogen-bond donors (Lipinski definition) is 1. The van der Waals surface area contributed by atoms with Crippen LogP contribution in [-0.2, 0) is 4.79 Å². The van der Waals surface area contributed by atoms with Gasteiger partial charge in [-0.05, 0) is 60.7 Å². The minimum atomic E-state index is 0.00674. The Hall–Kier alpha value is -1.63. The molecular formula is C16H13BrClN3OS. The first-order valence-electron chi connectivity index (χ1n) is 6.97. The molecule has 0 aliphatic carbocycles. The lowest BCUT2D eigenvalue weighted by molar-refractivity contribution is -0.117. The number of carbonyl (C=O) groups is 1. The van der Waals surface area contributed by atoms with Crippen LogP contribution in [0, 0.1) is 0 Å². The zero-order valence-corrected chi connectivity index (χ0v) is 15.2. The van der Waals surface area contributed by atoms with Crippen LogP contribution in [-0.4, -0.2) is 22.6 Å². The predicted molar refractivity (Wildman–Crippen MR) is 101 cm³/mol. The molecule has 1 amide bonds. The van der Waals surface area contributed by atoms with Gasteiger partial charge in [-0.1, -0.05) is 27.5 Å². The van der Waals surface area contributed by atoms with E-state index in [1.807, 2.05) is 24.3 Å². The van der Waals surface area contributed by atoms with Gasteiger partial charge in [0.05, 0.1) is 12.2 Å². The largest absolute Gasteiger partial charge is 0.331 e. The van der Waals surface area contributed by atoms with Crippen molar-refractivity contribution >= 4 is 62.1 Å². The van der Waals surface area contributed by atoms with Gasteiger partial charge in [0.1, 0.15) is 0 Å². The van der Waals surface area contributed by atoms with Crippen molar-refractivity contribution in [1.82, 2.24) is 5.01 Å². The highest BCUT2D eigenvalue weighted by atomic mass is 79.9. The number of nitrogens with zero attached hydrogens (tertiary/aromatic N) is 2. The van der Waals surface area contributed by atoms with E-state index in [2.05, 4.69) is 21.2 Å². The topological polar surface area (TPSA) is 35.6 Å². The van der Waals surface area contributed by atoms with Gasteiger partial charge < -0.3 is 5.32 Å². The molecule has 0 bridgehead atoms. The number of rotatable bonds is 2. The first-order chi connectivity index (χ1) is 11.0. The summed E-state index contributed by atoms with van der Waals surface area (Å²) in [6.45, 7) is 0.545. The van der Waals surface area contributed by atoms with E-state index in [-0.39, 0.29) is 5.91 Å². The van der Waals surface area contributed by atoms with Gasteiger partial charge in [-0.25, -0.2) is 5.01 Å². The summed E-state index contributed by atoms with van der Waals surface area (Å²) in [4.78, 5) is 12.2. The van der Waals surface area contributed by atoms with E-state index in [9.17, 15) is 4.79 Å². The highest BCUT2D eigenvalue weighted by molar-refractivity contribution is 9.10. The summed E-state index contributed by atoms with van der Waals surface area (Å²) in [7, 11) is 0. The lowest BCUT2D eigenvalue weighted by Crippen LogP contribution is -2.45. The van der Waals surface area contributed by atoms with E-state index < -0.39 is 0 Å². The third kappa shape index (κ3) is 3.65. The standard InChI is InChI=1S/C16H13BrClN3OS/c17-11-1-5-13(6-2-11)19-16(23)20-10-9-15(22)21(20)14-7-3-12(18)4-8-14/h1-8H,9-10H2,(H,19,23). The number of benzene rings is 2. The maximum Gasteiger partial charge on any atom is 0.247 e. The van der Waals surface area contributed by atoms with Crippen LogP contribution in [0.25, 0.3) is 0 Å². The van der Waals surface area contributed by atoms with Crippen LogP contribution < -0.4 is 10.3 Å². The van der Waals surface area contributed by atoms with Crippen LogP contribution >= 0.6 is 39.7 Å². The quantitative estimate of drug-likeness (QED) is 0.742. The van der Waals surface area contributed by atoms with Gasteiger partial charge in [0.15, 0.2) is 5.11 Å². The zero-order chi connectivity index (χ0) is 16.4. The molecular weight excluding hydrogens is 398 g/mol. The number of hydrazine groups is 1. The van der Waals surface area contributed by atoms with Crippen molar-refractivity contribution in [3.05, 3.63) is 58.0 Å². The molecule has 3 rings (SSSR count). The fourth-order valence-electron chi connectivity index (χ4n) is 2.32. The molecule has 0 spiro atoms. The monoisotopic (exact) mass is 409 g/mol. The highest BCUT2D eigenvalue weighted by Gasteiger charge is 2.32. The summed E-state index contributed by atoms with van der Waals surface area (Å²) in [5.41, 5.74) is 1.62. The average Bonchev–Trinajstić information content (AvgIpc) is 2.92. The van der Waals surface area contributed by atoms with Gasteiger partial charge in [0.25, 0.3) is 0 Å². The molecule has 1 aliphatic heterocycles. The van der Waals surface area contributed by atoms with E-state index in [0.29, 0.717) is 23.1 Å². The number of thiocarbonyl (C=S) groups is 1. The number of amides is 1. The Bertz CT molecular complexity index is 736. The Morgan fingerprint density at radius 2 is 1.78 bits per heavy atom. The molecule has 0 unspecified atom stereocenters. The second kappa shape index (κ2) is 6.86. The van der Waals surface area contributed by atoms with E-state index in [1.165, 1.54) is 0 Å². The first kappa shape index (κ1) is 16.2. The van der Waals surface area contributed by atoms with Gasteiger partial charge in [-0.15, -0.1) is 0 Å². The molecule has 2 aromatic rings. The van der Waals surface area contributed by atoms with Gasteiger partial charge >= 0.3 is 0 Å². The summed E-state index contributed by atoms with van der Waals surface area (Å²) in [6.07, 6.45) is 0.421. The first-order valence-corrected chi connectivity index (χ1v) is 8.55. The molecule has 4 nitrogen and oxygen atoms in total. The fourth-order valence-corrected chi connectivity index (χ4v) is 3.00. The Kier molecular flexibility index (Phi) is 4.84. The summed E-state index contributed by atoms with van der Waals surface area (Å²) in [6, 6.07) is 14.8. The molecule has 0 saturated carbocycles. The molecule has 0 radical (unpaired) electrons. The normalized spacial score (nSPS) is 14.3. The number of anilines is 2. The minimum absolute atomic E-state index is 0.00674. The highest BCUT2D eigenvalue weighted by Crippen LogP contribution is 2.25. The smallest absolute Gasteiger partial charge is 0.247 e. The zero-order valence-electron chi connectivity index (χ0n) is 12.0. The third-order valence-electron chi connectivity index (χ3n) is 3.42. The third-order valence-corrected chi connectivity index (χ3v) is 4.51. The Balaban J connectivity index is 1.79. The van der Waals surface area contributed by atoms with Crippen molar-refractivity contribution in [2.24, 2.45) is 0 Å². The molecule has 1 saturated heterocycles. The maximum absolute atomic E-state index is 12.2. The van der Waals surface area contributed by atoms with E-state index in [0.717, 1.165) is 15.8 Å². The van der Waals surface area contributed by atoms with Crippen molar-refractivity contribution in [2.45, 2.75) is 6.42 Å². The fraction of sp³-hybridized carbons (Fsp3) is 0.125. The van der Waals surface area contributed by atoms with Gasteiger partial charge in [0, 0.05) is 21.6 Å². The predicted octanol–water partition coefficient (Wildman–Crippen LogP) is 4.45. The number of halogens is 2. The van der Waals surface area contributed by atoms with Crippen LogP contribution in [0.15, 0.2) is 53.0 Å². The Morgan fingerprint density at radius 1 is 1.13 bits per heavy atom. The van der Waals surface area contributed by atoms with Crippen molar-refractivity contribution in [3.8, 4) is 0 Å². The Labute approximate surface area is 153 Å². The Morgan fingerprint density at radius 3 is 2.43 bits per heavy atom. The van der Waals surface area contributed by atoms with Crippen LogP contribution in [0.4, 0.5) is 11.4 Å². The molecule has 23 heavy (non-hydrogen) atoms. The summed E-state index contributed by atoms with van der Waals surface area (Å²) >= 11 is 14.8. The SMILES string of the molecule is O=C1CCN(C(=S)Nc2ccc(Br)cc2)N1c1ccc(Cl)cc1. The molecule has 118 valence electrons. The second-order valence-corrected chi connectivity index (χ2v) is 6.73. The number of carbonyl (C=O) groups excluding carboxylic acids is 1. The summed E-state index contributed by atoms with van der Waals surface area (Å²) < 4.78 is 0.994. The molecule has 2 aromatic carbocycles. The minimum Gasteiger partial charge on any atom is -0.331 e. The van der Waals surface area contributed by atoms with E-state index in [4.69, 9.17) is 23.8 Å². The maximum atomic E-state index is 12.2. The van der Waals surface area contributed by atoms with Crippen molar-refractivity contribution < 1.29 is 4.79 Å². The number of nitrogens with one attached hydrogen (secondary N) is 1. The lowest BCUT2D eigenvalue weighted by atomic mass is 10.3. The van der Waals surface area contributed by atoms with Crippen molar-refractivity contribution in [3.63, 3.8) is 0 Å². The average molecular weight is 411 g/mol.